The lowest BCUT2D eigenvalue weighted by atomic mass is 10.3. The summed E-state index contributed by atoms with van der Waals surface area (Å²) in [5.74, 6) is 0. The Balaban J connectivity index is 0. The fourth-order valence-corrected chi connectivity index (χ4v) is 1.00. The van der Waals surface area contributed by atoms with E-state index in [9.17, 15) is 0 Å². The van der Waals surface area contributed by atoms with Crippen LogP contribution in [-0.4, -0.2) is 48.8 Å². The van der Waals surface area contributed by atoms with Gasteiger partial charge in [-0.2, -0.15) is 0 Å². The molecule has 0 amide bonds. The van der Waals surface area contributed by atoms with E-state index in [1.807, 2.05) is 0 Å². The Hall–Kier alpha value is -0.160. The summed E-state index contributed by atoms with van der Waals surface area (Å²) < 4.78 is 10.2. The van der Waals surface area contributed by atoms with Crippen molar-refractivity contribution in [3.8, 4) is 0 Å². The van der Waals surface area contributed by atoms with Crippen LogP contribution in [0.25, 0.3) is 0 Å². The molecule has 0 saturated heterocycles. The Kier molecular flexibility index (Phi) is 18.9. The number of rotatable bonds is 10. The molecule has 0 aromatic rings. The molecule has 2 unspecified atom stereocenters. The van der Waals surface area contributed by atoms with E-state index < -0.39 is 12.2 Å². The second-order valence-corrected chi connectivity index (χ2v) is 4.55. The first-order chi connectivity index (χ1) is 8.54. The van der Waals surface area contributed by atoms with E-state index >= 15 is 0 Å². The highest BCUT2D eigenvalue weighted by Gasteiger charge is 1.97. The summed E-state index contributed by atoms with van der Waals surface area (Å²) in [4.78, 5) is 0. The predicted molar refractivity (Wildman–Crippen MR) is 74.8 cm³/mol. The zero-order valence-electron chi connectivity index (χ0n) is 12.5. The van der Waals surface area contributed by atoms with Gasteiger partial charge in [0.2, 0.25) is 0 Å². The Morgan fingerprint density at radius 3 is 1.44 bits per heavy atom. The molecule has 0 bridgehead atoms. The van der Waals surface area contributed by atoms with Gasteiger partial charge in [-0.15, -0.1) is 0 Å². The molecule has 0 heterocycles. The lowest BCUT2D eigenvalue weighted by Gasteiger charge is -2.06. The van der Waals surface area contributed by atoms with E-state index in [0.717, 1.165) is 13.2 Å². The minimum Gasteiger partial charge on any atom is -0.391 e. The molecule has 0 aliphatic rings. The minimum absolute atomic E-state index is 0.297. The van der Waals surface area contributed by atoms with Crippen LogP contribution in [0, 0.1) is 0 Å². The maximum absolute atomic E-state index is 8.66. The molecule has 0 aliphatic heterocycles. The minimum atomic E-state index is -0.441. The van der Waals surface area contributed by atoms with Gasteiger partial charge in [0.15, 0.2) is 0 Å². The van der Waals surface area contributed by atoms with Crippen molar-refractivity contribution in [3.63, 3.8) is 0 Å². The van der Waals surface area contributed by atoms with Crippen molar-refractivity contribution < 1.29 is 19.7 Å². The van der Waals surface area contributed by atoms with Gasteiger partial charge in [-0.3, -0.25) is 0 Å². The molecule has 0 fully saturated rings. The summed E-state index contributed by atoms with van der Waals surface area (Å²) in [5, 5.41) is 17.3. The van der Waals surface area contributed by atoms with Crippen molar-refractivity contribution in [1.29, 1.82) is 0 Å². The quantitative estimate of drug-likeness (QED) is 0.595. The topological polar surface area (TPSA) is 58.9 Å². The highest BCUT2D eigenvalue weighted by Crippen LogP contribution is 1.91. The average molecular weight is 264 g/mol. The molecular weight excluding hydrogens is 232 g/mol. The third-order valence-electron chi connectivity index (χ3n) is 2.00. The Labute approximate surface area is 112 Å². The monoisotopic (exact) mass is 264 g/mol. The van der Waals surface area contributed by atoms with Gasteiger partial charge in [0, 0.05) is 13.2 Å². The lowest BCUT2D eigenvalue weighted by Crippen LogP contribution is -2.16. The summed E-state index contributed by atoms with van der Waals surface area (Å²) in [5.41, 5.74) is 0. The molecule has 2 atom stereocenters. The van der Waals surface area contributed by atoms with Gasteiger partial charge in [0.05, 0.1) is 25.4 Å². The molecule has 112 valence electrons. The summed E-state index contributed by atoms with van der Waals surface area (Å²) >= 11 is 0. The fourth-order valence-electron chi connectivity index (χ4n) is 1.00. The van der Waals surface area contributed by atoms with Crippen molar-refractivity contribution in [1.82, 2.24) is 0 Å². The fraction of sp³-hybridized carbons (Fsp3) is 1.00. The first-order valence-electron chi connectivity index (χ1n) is 7.06. The summed E-state index contributed by atoms with van der Waals surface area (Å²) in [6.07, 6.45) is 4.03. The number of unbranched alkanes of at least 4 members (excludes halogenated alkanes) is 2. The molecule has 0 saturated carbocycles. The predicted octanol–water partition coefficient (Wildman–Crippen LogP) is 2.37. The van der Waals surface area contributed by atoms with Crippen molar-refractivity contribution in [2.75, 3.05) is 26.4 Å². The van der Waals surface area contributed by atoms with Gasteiger partial charge in [0.25, 0.3) is 0 Å². The van der Waals surface area contributed by atoms with E-state index in [1.165, 1.54) is 25.7 Å². The van der Waals surface area contributed by atoms with E-state index in [0.29, 0.717) is 13.2 Å². The van der Waals surface area contributed by atoms with Crippen LogP contribution in [0.3, 0.4) is 0 Å². The van der Waals surface area contributed by atoms with Gasteiger partial charge in [-0.25, -0.2) is 0 Å². The van der Waals surface area contributed by atoms with Crippen LogP contribution in [0.2, 0.25) is 0 Å². The Morgan fingerprint density at radius 1 is 0.778 bits per heavy atom. The summed E-state index contributed by atoms with van der Waals surface area (Å²) in [6.45, 7) is 10.2. The largest absolute Gasteiger partial charge is 0.391 e. The second-order valence-electron chi connectivity index (χ2n) is 4.55. The molecule has 0 aromatic heterocycles. The third kappa shape index (κ3) is 24.9. The number of aliphatic hydroxyl groups excluding tert-OH is 2. The summed E-state index contributed by atoms with van der Waals surface area (Å²) in [6, 6.07) is 0. The van der Waals surface area contributed by atoms with Crippen LogP contribution in [0.1, 0.15) is 53.4 Å². The van der Waals surface area contributed by atoms with Gasteiger partial charge in [-0.1, -0.05) is 26.7 Å². The molecule has 0 spiro atoms. The van der Waals surface area contributed by atoms with Crippen LogP contribution in [-0.2, 0) is 9.47 Å². The molecule has 18 heavy (non-hydrogen) atoms. The van der Waals surface area contributed by atoms with Crippen LogP contribution >= 0.6 is 0 Å². The SMILES string of the molecule is CC(O)COCC(C)O.CCCCOCCCC. The van der Waals surface area contributed by atoms with Crippen LogP contribution in [0.5, 0.6) is 0 Å². The highest BCUT2D eigenvalue weighted by molar-refractivity contribution is 4.45. The van der Waals surface area contributed by atoms with Crippen molar-refractivity contribution in [3.05, 3.63) is 0 Å². The first-order valence-corrected chi connectivity index (χ1v) is 7.06. The molecule has 0 aliphatic carbocycles. The van der Waals surface area contributed by atoms with Crippen LogP contribution in [0.4, 0.5) is 0 Å². The molecule has 2 N–H and O–H groups in total. The number of hydrogen-bond acceptors (Lipinski definition) is 4. The standard InChI is InChI=1S/C8H18O.C6H14O3/c1-3-5-7-9-8-6-4-2;1-5(7)3-9-4-6(2)8/h3-8H2,1-2H3;5-8H,3-4H2,1-2H3. The summed E-state index contributed by atoms with van der Waals surface area (Å²) in [7, 11) is 0. The zero-order valence-corrected chi connectivity index (χ0v) is 12.5. The van der Waals surface area contributed by atoms with Gasteiger partial charge < -0.3 is 19.7 Å². The van der Waals surface area contributed by atoms with Gasteiger partial charge in [-0.05, 0) is 26.7 Å². The lowest BCUT2D eigenvalue weighted by molar-refractivity contribution is 0.00392. The van der Waals surface area contributed by atoms with Gasteiger partial charge >= 0.3 is 0 Å². The van der Waals surface area contributed by atoms with Gasteiger partial charge in [0.1, 0.15) is 0 Å². The van der Waals surface area contributed by atoms with E-state index in [4.69, 9.17) is 19.7 Å². The van der Waals surface area contributed by atoms with Crippen LogP contribution in [0.15, 0.2) is 0 Å². The second kappa shape index (κ2) is 16.8. The van der Waals surface area contributed by atoms with Crippen LogP contribution < -0.4 is 0 Å². The molecule has 0 aromatic carbocycles. The number of ether oxygens (including phenoxy) is 2. The molecule has 0 rings (SSSR count). The Morgan fingerprint density at radius 2 is 1.17 bits per heavy atom. The third-order valence-corrected chi connectivity index (χ3v) is 2.00. The smallest absolute Gasteiger partial charge is 0.0745 e. The molecule has 0 radical (unpaired) electrons. The van der Waals surface area contributed by atoms with Crippen molar-refractivity contribution >= 4 is 0 Å². The normalized spacial score (nSPS) is 13.7. The molecular formula is C14H32O4. The highest BCUT2D eigenvalue weighted by atomic mass is 16.5. The van der Waals surface area contributed by atoms with E-state index in [1.54, 1.807) is 13.8 Å². The van der Waals surface area contributed by atoms with E-state index in [-0.39, 0.29) is 0 Å². The molecule has 4 nitrogen and oxygen atoms in total. The zero-order chi connectivity index (χ0) is 14.2. The number of hydrogen-bond donors (Lipinski definition) is 2. The molecule has 4 heteroatoms. The number of aliphatic hydroxyl groups is 2. The first kappa shape index (κ1) is 20.2. The Bertz CT molecular complexity index is 124. The average Bonchev–Trinajstić information content (AvgIpc) is 2.29. The van der Waals surface area contributed by atoms with E-state index in [2.05, 4.69) is 13.8 Å². The maximum Gasteiger partial charge on any atom is 0.0745 e. The maximum atomic E-state index is 8.66. The van der Waals surface area contributed by atoms with Crippen molar-refractivity contribution in [2.45, 2.75) is 65.6 Å². The van der Waals surface area contributed by atoms with Crippen molar-refractivity contribution in [2.24, 2.45) is 0 Å².